The van der Waals surface area contributed by atoms with Gasteiger partial charge in [-0.25, -0.2) is 0 Å². The van der Waals surface area contributed by atoms with E-state index in [0.717, 1.165) is 6.54 Å². The Balaban J connectivity index is 4.14. The summed E-state index contributed by atoms with van der Waals surface area (Å²) < 4.78 is 0. The molecule has 0 unspecified atom stereocenters. The van der Waals surface area contributed by atoms with Crippen LogP contribution in [0.1, 0.15) is 20.8 Å². The van der Waals surface area contributed by atoms with Crippen molar-refractivity contribution >= 4 is 5.91 Å². The van der Waals surface area contributed by atoms with Crippen molar-refractivity contribution in [3.05, 3.63) is 24.9 Å². The molecule has 0 aromatic heterocycles. The average Bonchev–Trinajstić information content (AvgIpc) is 2.00. The van der Waals surface area contributed by atoms with Gasteiger partial charge in [0.05, 0.1) is 0 Å². The van der Waals surface area contributed by atoms with Gasteiger partial charge in [-0.15, -0.1) is 0 Å². The van der Waals surface area contributed by atoms with Crippen molar-refractivity contribution in [3.8, 4) is 0 Å². The van der Waals surface area contributed by atoms with E-state index in [4.69, 9.17) is 0 Å². The highest BCUT2D eigenvalue weighted by molar-refractivity contribution is 5.88. The molecule has 0 heterocycles. The molecule has 0 fully saturated rings. The molecule has 0 spiro atoms. The van der Waals surface area contributed by atoms with Crippen molar-refractivity contribution in [3.63, 3.8) is 0 Å². The molecule has 2 heteroatoms. The predicted molar refractivity (Wildman–Crippen MR) is 51.6 cm³/mol. The van der Waals surface area contributed by atoms with Gasteiger partial charge in [-0.2, -0.15) is 0 Å². The van der Waals surface area contributed by atoms with Gasteiger partial charge in [0.2, 0.25) is 5.91 Å². The van der Waals surface area contributed by atoms with Crippen molar-refractivity contribution in [2.75, 3.05) is 6.54 Å². The number of hydrogen-bond donors (Lipinski definition) is 0. The van der Waals surface area contributed by atoms with Crippen molar-refractivity contribution in [2.45, 2.75) is 20.8 Å². The third-order valence-corrected chi connectivity index (χ3v) is 1.37. The number of nitrogens with zero attached hydrogens (tertiary/aromatic N) is 1. The van der Waals surface area contributed by atoms with E-state index in [-0.39, 0.29) is 5.91 Å². The molecule has 0 aromatic carbocycles. The van der Waals surface area contributed by atoms with Crippen LogP contribution in [0.3, 0.4) is 0 Å². The van der Waals surface area contributed by atoms with Crippen molar-refractivity contribution in [1.29, 1.82) is 0 Å². The van der Waals surface area contributed by atoms with Gasteiger partial charge in [0.25, 0.3) is 0 Å². The quantitative estimate of drug-likeness (QED) is 0.588. The zero-order chi connectivity index (χ0) is 9.56. The van der Waals surface area contributed by atoms with Gasteiger partial charge in [0.15, 0.2) is 0 Å². The van der Waals surface area contributed by atoms with Crippen LogP contribution >= 0.6 is 0 Å². The number of carbonyl (C=O) groups excluding carboxylic acids is 1. The minimum absolute atomic E-state index is 0.00111. The molecule has 2 nitrogen and oxygen atoms in total. The Morgan fingerprint density at radius 3 is 2.50 bits per heavy atom. The summed E-state index contributed by atoms with van der Waals surface area (Å²) in [5, 5.41) is 0. The van der Waals surface area contributed by atoms with Crippen LogP contribution in [0.2, 0.25) is 0 Å². The lowest BCUT2D eigenvalue weighted by atomic mass is 10.2. The van der Waals surface area contributed by atoms with E-state index in [1.807, 2.05) is 6.92 Å². The molecule has 0 aromatic rings. The van der Waals surface area contributed by atoms with Gasteiger partial charge in [-0.05, 0) is 25.1 Å². The summed E-state index contributed by atoms with van der Waals surface area (Å²) in [5.74, 6) is 0.471. The predicted octanol–water partition coefficient (Wildman–Crippen LogP) is 2.19. The normalized spacial score (nSPS) is 10.7. The van der Waals surface area contributed by atoms with E-state index < -0.39 is 0 Å². The van der Waals surface area contributed by atoms with Gasteiger partial charge in [0, 0.05) is 6.54 Å². The summed E-state index contributed by atoms with van der Waals surface area (Å²) in [6, 6.07) is 0. The first kappa shape index (κ1) is 11.0. The lowest BCUT2D eigenvalue weighted by molar-refractivity contribution is -0.124. The molecule has 0 rings (SSSR count). The summed E-state index contributed by atoms with van der Waals surface area (Å²) in [4.78, 5) is 12.9. The minimum Gasteiger partial charge on any atom is -0.316 e. The highest BCUT2D eigenvalue weighted by Gasteiger charge is 2.07. The SMILES string of the molecule is C=CN(CC(C)C)C(=O)/C=C\C. The molecule has 0 aliphatic carbocycles. The summed E-state index contributed by atoms with van der Waals surface area (Å²) >= 11 is 0. The standard InChI is InChI=1S/C10H17NO/c1-5-7-10(12)11(6-2)8-9(3)4/h5-7,9H,2,8H2,1,3-4H3/b7-5-. The monoisotopic (exact) mass is 167 g/mol. The van der Waals surface area contributed by atoms with E-state index in [9.17, 15) is 4.79 Å². The summed E-state index contributed by atoms with van der Waals surface area (Å²) in [6.07, 6.45) is 4.85. The Hall–Kier alpha value is -1.05. The lowest BCUT2D eigenvalue weighted by Crippen LogP contribution is -2.27. The van der Waals surface area contributed by atoms with Gasteiger partial charge < -0.3 is 4.90 Å². The molecule has 1 amide bonds. The zero-order valence-electron chi connectivity index (χ0n) is 8.08. The second-order valence-corrected chi connectivity index (χ2v) is 3.07. The number of allylic oxidation sites excluding steroid dienone is 1. The first-order valence-corrected chi connectivity index (χ1v) is 4.17. The third kappa shape index (κ3) is 3.96. The highest BCUT2D eigenvalue weighted by atomic mass is 16.2. The number of hydrogen-bond acceptors (Lipinski definition) is 1. The third-order valence-electron chi connectivity index (χ3n) is 1.37. The molecule has 0 N–H and O–H groups in total. The Labute approximate surface area is 74.6 Å². The smallest absolute Gasteiger partial charge is 0.250 e. The first-order chi connectivity index (χ1) is 5.61. The molecule has 0 saturated heterocycles. The summed E-state index contributed by atoms with van der Waals surface area (Å²) in [5.41, 5.74) is 0. The molecular weight excluding hydrogens is 150 g/mol. The number of rotatable bonds is 4. The summed E-state index contributed by atoms with van der Waals surface area (Å²) in [6.45, 7) is 10.3. The van der Waals surface area contributed by atoms with Crippen LogP contribution in [0.25, 0.3) is 0 Å². The van der Waals surface area contributed by atoms with Crippen LogP contribution in [0.5, 0.6) is 0 Å². The second-order valence-electron chi connectivity index (χ2n) is 3.07. The zero-order valence-corrected chi connectivity index (χ0v) is 8.08. The van der Waals surface area contributed by atoms with Gasteiger partial charge in [-0.3, -0.25) is 4.79 Å². The number of carbonyl (C=O) groups is 1. The Kier molecular flexibility index (Phi) is 5.09. The van der Waals surface area contributed by atoms with Crippen LogP contribution in [0.4, 0.5) is 0 Å². The fourth-order valence-electron chi connectivity index (χ4n) is 0.886. The fraction of sp³-hybridized carbons (Fsp3) is 0.500. The van der Waals surface area contributed by atoms with E-state index in [2.05, 4.69) is 20.4 Å². The Morgan fingerprint density at radius 2 is 2.17 bits per heavy atom. The lowest BCUT2D eigenvalue weighted by Gasteiger charge is -2.17. The van der Waals surface area contributed by atoms with Crippen molar-refractivity contribution < 1.29 is 4.79 Å². The van der Waals surface area contributed by atoms with E-state index in [0.29, 0.717) is 5.92 Å². The van der Waals surface area contributed by atoms with Gasteiger partial charge >= 0.3 is 0 Å². The molecule has 68 valence electrons. The first-order valence-electron chi connectivity index (χ1n) is 4.17. The maximum Gasteiger partial charge on any atom is 0.250 e. The summed E-state index contributed by atoms with van der Waals surface area (Å²) in [7, 11) is 0. The van der Waals surface area contributed by atoms with Crippen molar-refractivity contribution in [2.24, 2.45) is 5.92 Å². The molecule has 0 aliphatic heterocycles. The van der Waals surface area contributed by atoms with Crippen LogP contribution in [0, 0.1) is 5.92 Å². The number of amides is 1. The maximum atomic E-state index is 11.3. The van der Waals surface area contributed by atoms with Gasteiger partial charge in [-0.1, -0.05) is 26.5 Å². The molecule has 0 radical (unpaired) electrons. The van der Waals surface area contributed by atoms with Crippen LogP contribution in [-0.2, 0) is 4.79 Å². The van der Waals surface area contributed by atoms with E-state index in [1.165, 1.54) is 0 Å². The molecule has 0 saturated carbocycles. The minimum atomic E-state index is 0.00111. The average molecular weight is 167 g/mol. The highest BCUT2D eigenvalue weighted by Crippen LogP contribution is 1.99. The van der Waals surface area contributed by atoms with Crippen LogP contribution < -0.4 is 0 Å². The van der Waals surface area contributed by atoms with Crippen LogP contribution in [-0.4, -0.2) is 17.4 Å². The largest absolute Gasteiger partial charge is 0.316 e. The molecule has 12 heavy (non-hydrogen) atoms. The molecule has 0 bridgehead atoms. The van der Waals surface area contributed by atoms with E-state index >= 15 is 0 Å². The van der Waals surface area contributed by atoms with Gasteiger partial charge in [0.1, 0.15) is 0 Å². The van der Waals surface area contributed by atoms with Crippen molar-refractivity contribution in [1.82, 2.24) is 4.90 Å². The van der Waals surface area contributed by atoms with Crippen LogP contribution in [0.15, 0.2) is 24.9 Å². The molecule has 0 aliphatic rings. The fourth-order valence-corrected chi connectivity index (χ4v) is 0.886. The molecular formula is C10H17NO. The topological polar surface area (TPSA) is 20.3 Å². The van der Waals surface area contributed by atoms with E-state index in [1.54, 1.807) is 23.3 Å². The second kappa shape index (κ2) is 5.58. The maximum absolute atomic E-state index is 11.3. The molecule has 0 atom stereocenters. The Morgan fingerprint density at radius 1 is 1.58 bits per heavy atom. The Bertz CT molecular complexity index is 182.